The Morgan fingerprint density at radius 3 is 2.70 bits per heavy atom. The molecule has 4 nitrogen and oxygen atoms in total. The summed E-state index contributed by atoms with van der Waals surface area (Å²) in [6.07, 6.45) is 2.74. The molecule has 2 N–H and O–H groups in total. The van der Waals surface area contributed by atoms with E-state index in [-0.39, 0.29) is 5.91 Å². The maximum atomic E-state index is 12.5. The Bertz CT molecular complexity index is 943. The van der Waals surface area contributed by atoms with E-state index in [1.54, 1.807) is 0 Å². The Balaban J connectivity index is 1.40. The van der Waals surface area contributed by atoms with Gasteiger partial charge in [-0.05, 0) is 74.2 Å². The molecule has 1 aliphatic rings. The van der Waals surface area contributed by atoms with Crippen molar-refractivity contribution < 1.29 is 4.79 Å². The van der Waals surface area contributed by atoms with Gasteiger partial charge < -0.3 is 10.6 Å². The fourth-order valence-electron chi connectivity index (χ4n) is 3.76. The van der Waals surface area contributed by atoms with Gasteiger partial charge in [-0.1, -0.05) is 30.3 Å². The average Bonchev–Trinajstić information content (AvgIpc) is 3.16. The summed E-state index contributed by atoms with van der Waals surface area (Å²) in [7, 11) is 0. The summed E-state index contributed by atoms with van der Waals surface area (Å²) in [5.41, 5.74) is 5.08. The molecule has 0 spiro atoms. The molecule has 1 saturated heterocycles. The number of fused-ring (bicyclic) bond motifs is 1. The van der Waals surface area contributed by atoms with Gasteiger partial charge in [-0.25, -0.2) is 0 Å². The second-order valence-corrected chi connectivity index (χ2v) is 7.43. The van der Waals surface area contributed by atoms with Crippen LogP contribution in [-0.4, -0.2) is 24.0 Å². The summed E-state index contributed by atoms with van der Waals surface area (Å²) >= 11 is 0. The maximum absolute atomic E-state index is 12.5. The zero-order chi connectivity index (χ0) is 18.6. The lowest BCUT2D eigenvalue weighted by atomic mass is 9.97. The maximum Gasteiger partial charge on any atom is 0.228 e. The van der Waals surface area contributed by atoms with Crippen LogP contribution in [0.5, 0.6) is 0 Å². The van der Waals surface area contributed by atoms with E-state index < -0.39 is 0 Å². The number of hydrogen-bond donors (Lipinski definition) is 2. The third-order valence-electron chi connectivity index (χ3n) is 5.22. The number of pyridine rings is 1. The van der Waals surface area contributed by atoms with Gasteiger partial charge in [-0.15, -0.1) is 0 Å². The number of benzene rings is 2. The fourth-order valence-corrected chi connectivity index (χ4v) is 3.76. The molecule has 4 heteroatoms. The number of amides is 1. The van der Waals surface area contributed by atoms with E-state index in [0.717, 1.165) is 53.3 Å². The first-order chi connectivity index (χ1) is 13.2. The van der Waals surface area contributed by atoms with Gasteiger partial charge in [0.2, 0.25) is 5.91 Å². The van der Waals surface area contributed by atoms with E-state index in [0.29, 0.717) is 6.42 Å². The standard InChI is InChI=1S/C23H25N3O/c1-16-5-10-20-21(25-16)3-2-4-22(20)26-23(27)14-18-8-6-17(7-9-18)13-19-11-12-24-15-19/h2-10,19,24H,11-15H2,1H3,(H,26,27). The molecule has 1 unspecified atom stereocenters. The van der Waals surface area contributed by atoms with Crippen molar-refractivity contribution in [3.8, 4) is 0 Å². The first-order valence-corrected chi connectivity index (χ1v) is 9.62. The minimum atomic E-state index is -0.00387. The molecule has 0 saturated carbocycles. The summed E-state index contributed by atoms with van der Waals surface area (Å²) in [4.78, 5) is 17.0. The molecule has 4 rings (SSSR count). The largest absolute Gasteiger partial charge is 0.325 e. The van der Waals surface area contributed by atoms with Crippen molar-refractivity contribution in [3.63, 3.8) is 0 Å². The van der Waals surface area contributed by atoms with Crippen LogP contribution in [0.4, 0.5) is 5.69 Å². The number of nitrogens with one attached hydrogen (secondary N) is 2. The predicted molar refractivity (Wildman–Crippen MR) is 110 cm³/mol. The van der Waals surface area contributed by atoms with Crippen LogP contribution < -0.4 is 10.6 Å². The number of anilines is 1. The molecule has 1 aromatic heterocycles. The van der Waals surface area contributed by atoms with Crippen molar-refractivity contribution in [1.29, 1.82) is 0 Å². The van der Waals surface area contributed by atoms with Crippen LogP contribution in [0.1, 0.15) is 23.2 Å². The van der Waals surface area contributed by atoms with Crippen LogP contribution in [0.2, 0.25) is 0 Å². The van der Waals surface area contributed by atoms with Crippen LogP contribution >= 0.6 is 0 Å². The van der Waals surface area contributed by atoms with Gasteiger partial charge in [0.25, 0.3) is 0 Å². The van der Waals surface area contributed by atoms with Gasteiger partial charge in [0.1, 0.15) is 0 Å². The Morgan fingerprint density at radius 2 is 1.93 bits per heavy atom. The highest BCUT2D eigenvalue weighted by molar-refractivity contribution is 6.01. The summed E-state index contributed by atoms with van der Waals surface area (Å²) in [5, 5.41) is 7.42. The highest BCUT2D eigenvalue weighted by atomic mass is 16.1. The van der Waals surface area contributed by atoms with Gasteiger partial charge in [0.05, 0.1) is 17.6 Å². The lowest BCUT2D eigenvalue weighted by Gasteiger charge is -2.10. The first kappa shape index (κ1) is 17.7. The third kappa shape index (κ3) is 4.34. The minimum Gasteiger partial charge on any atom is -0.325 e. The van der Waals surface area contributed by atoms with Crippen LogP contribution in [-0.2, 0) is 17.6 Å². The molecular weight excluding hydrogens is 334 g/mol. The summed E-state index contributed by atoms with van der Waals surface area (Å²) in [6.45, 7) is 4.22. The number of carbonyl (C=O) groups is 1. The first-order valence-electron chi connectivity index (χ1n) is 9.62. The Hall–Kier alpha value is -2.72. The van der Waals surface area contributed by atoms with Crippen LogP contribution in [0.25, 0.3) is 10.9 Å². The summed E-state index contributed by atoms with van der Waals surface area (Å²) < 4.78 is 0. The lowest BCUT2D eigenvalue weighted by Crippen LogP contribution is -2.15. The number of rotatable bonds is 5. The van der Waals surface area contributed by atoms with Crippen LogP contribution in [0.3, 0.4) is 0 Å². The van der Waals surface area contributed by atoms with Crippen molar-refractivity contribution in [3.05, 3.63) is 71.4 Å². The van der Waals surface area contributed by atoms with Gasteiger partial charge in [0.15, 0.2) is 0 Å². The van der Waals surface area contributed by atoms with E-state index >= 15 is 0 Å². The van der Waals surface area contributed by atoms with Crippen molar-refractivity contribution in [2.75, 3.05) is 18.4 Å². The molecule has 1 aliphatic heterocycles. The van der Waals surface area contributed by atoms with Crippen LogP contribution in [0.15, 0.2) is 54.6 Å². The van der Waals surface area contributed by atoms with E-state index in [4.69, 9.17) is 0 Å². The molecule has 2 aromatic carbocycles. The van der Waals surface area contributed by atoms with Crippen LogP contribution in [0, 0.1) is 12.8 Å². The number of hydrogen-bond acceptors (Lipinski definition) is 3. The number of aryl methyl sites for hydroxylation is 1. The number of carbonyl (C=O) groups excluding carboxylic acids is 1. The fraction of sp³-hybridized carbons (Fsp3) is 0.304. The highest BCUT2D eigenvalue weighted by Gasteiger charge is 2.15. The van der Waals surface area contributed by atoms with Crippen molar-refractivity contribution in [2.24, 2.45) is 5.92 Å². The van der Waals surface area contributed by atoms with Crippen molar-refractivity contribution in [1.82, 2.24) is 10.3 Å². The molecule has 27 heavy (non-hydrogen) atoms. The van der Waals surface area contributed by atoms with Gasteiger partial charge in [0, 0.05) is 11.1 Å². The van der Waals surface area contributed by atoms with E-state index in [2.05, 4.69) is 39.9 Å². The lowest BCUT2D eigenvalue weighted by molar-refractivity contribution is -0.115. The molecule has 1 fully saturated rings. The quantitative estimate of drug-likeness (QED) is 0.727. The Labute approximate surface area is 160 Å². The molecule has 1 atom stereocenters. The zero-order valence-corrected chi connectivity index (χ0v) is 15.7. The molecule has 2 heterocycles. The third-order valence-corrected chi connectivity index (χ3v) is 5.22. The molecule has 0 aliphatic carbocycles. The topological polar surface area (TPSA) is 54.0 Å². The molecular formula is C23H25N3O. The van der Waals surface area contributed by atoms with Gasteiger partial charge in [-0.3, -0.25) is 9.78 Å². The van der Waals surface area contributed by atoms with E-state index in [9.17, 15) is 4.79 Å². The second-order valence-electron chi connectivity index (χ2n) is 7.43. The molecule has 0 radical (unpaired) electrons. The zero-order valence-electron chi connectivity index (χ0n) is 15.7. The predicted octanol–water partition coefficient (Wildman–Crippen LogP) is 3.88. The minimum absolute atomic E-state index is 0.00387. The van der Waals surface area contributed by atoms with Crippen molar-refractivity contribution in [2.45, 2.75) is 26.2 Å². The Kier molecular flexibility index (Phi) is 5.16. The van der Waals surface area contributed by atoms with Gasteiger partial charge in [-0.2, -0.15) is 0 Å². The summed E-state index contributed by atoms with van der Waals surface area (Å²) in [6, 6.07) is 18.3. The smallest absolute Gasteiger partial charge is 0.228 e. The highest BCUT2D eigenvalue weighted by Crippen LogP contribution is 2.22. The normalized spacial score (nSPS) is 16.6. The Morgan fingerprint density at radius 1 is 1.11 bits per heavy atom. The molecule has 3 aromatic rings. The monoisotopic (exact) mass is 359 g/mol. The molecule has 138 valence electrons. The number of aromatic nitrogens is 1. The van der Waals surface area contributed by atoms with Gasteiger partial charge >= 0.3 is 0 Å². The van der Waals surface area contributed by atoms with E-state index in [1.807, 2.05) is 37.3 Å². The second kappa shape index (κ2) is 7.89. The van der Waals surface area contributed by atoms with E-state index in [1.165, 1.54) is 12.0 Å². The SMILES string of the molecule is Cc1ccc2c(NC(=O)Cc3ccc(CC4CCNC4)cc3)cccc2n1. The average molecular weight is 359 g/mol. The number of nitrogens with zero attached hydrogens (tertiary/aromatic N) is 1. The molecule has 1 amide bonds. The van der Waals surface area contributed by atoms with Crippen molar-refractivity contribution >= 4 is 22.5 Å². The molecule has 0 bridgehead atoms. The summed E-state index contributed by atoms with van der Waals surface area (Å²) in [5.74, 6) is 0.735.